The highest BCUT2D eigenvalue weighted by Gasteiger charge is 2.17. The lowest BCUT2D eigenvalue weighted by molar-refractivity contribution is 0.601. The lowest BCUT2D eigenvalue weighted by Crippen LogP contribution is -2.15. The normalized spacial score (nSPS) is 11.3. The van der Waals surface area contributed by atoms with Crippen LogP contribution in [0.15, 0.2) is 41.3 Å². The molecule has 20 heavy (non-hydrogen) atoms. The standard InChI is InChI=1S/C15H18N2O2S/c1-10-4-5-15(14(16)9-10)20(18,19)17-13-7-11(2)6-12(3)8-13/h4-9,17H,16H2,1-3H3. The van der Waals surface area contributed by atoms with Crippen LogP contribution in [0.1, 0.15) is 16.7 Å². The Morgan fingerprint density at radius 3 is 2.05 bits per heavy atom. The minimum atomic E-state index is -3.67. The van der Waals surface area contributed by atoms with Gasteiger partial charge in [-0.3, -0.25) is 4.72 Å². The molecule has 0 saturated carbocycles. The summed E-state index contributed by atoms with van der Waals surface area (Å²) < 4.78 is 27.3. The number of sulfonamides is 1. The number of nitrogens with one attached hydrogen (secondary N) is 1. The molecule has 0 amide bonds. The SMILES string of the molecule is Cc1cc(C)cc(NS(=O)(=O)c2ccc(C)cc2N)c1. The van der Waals surface area contributed by atoms with Crippen LogP contribution < -0.4 is 10.5 Å². The lowest BCUT2D eigenvalue weighted by Gasteiger charge is -2.12. The first kappa shape index (κ1) is 14.4. The van der Waals surface area contributed by atoms with Gasteiger partial charge >= 0.3 is 0 Å². The lowest BCUT2D eigenvalue weighted by atomic mass is 10.1. The van der Waals surface area contributed by atoms with Gasteiger partial charge in [-0.2, -0.15) is 0 Å². The summed E-state index contributed by atoms with van der Waals surface area (Å²) in [7, 11) is -3.67. The van der Waals surface area contributed by atoms with E-state index in [1.807, 2.05) is 26.8 Å². The molecule has 0 unspecified atom stereocenters. The van der Waals surface area contributed by atoms with Crippen molar-refractivity contribution >= 4 is 21.4 Å². The molecule has 0 saturated heterocycles. The van der Waals surface area contributed by atoms with E-state index in [2.05, 4.69) is 4.72 Å². The Bertz CT molecular complexity index is 732. The highest BCUT2D eigenvalue weighted by atomic mass is 32.2. The number of hydrogen-bond acceptors (Lipinski definition) is 3. The Morgan fingerprint density at radius 2 is 1.50 bits per heavy atom. The topological polar surface area (TPSA) is 72.2 Å². The smallest absolute Gasteiger partial charge is 0.263 e. The van der Waals surface area contributed by atoms with Gasteiger partial charge in [-0.25, -0.2) is 8.42 Å². The maximum Gasteiger partial charge on any atom is 0.263 e. The molecule has 0 aliphatic carbocycles. The highest BCUT2D eigenvalue weighted by molar-refractivity contribution is 7.92. The molecule has 2 aromatic rings. The molecule has 0 spiro atoms. The quantitative estimate of drug-likeness (QED) is 0.854. The van der Waals surface area contributed by atoms with Crippen molar-refractivity contribution in [2.45, 2.75) is 25.7 Å². The van der Waals surface area contributed by atoms with E-state index in [1.165, 1.54) is 6.07 Å². The molecule has 0 aromatic heterocycles. The van der Waals surface area contributed by atoms with E-state index in [-0.39, 0.29) is 10.6 Å². The van der Waals surface area contributed by atoms with Crippen LogP contribution in [-0.4, -0.2) is 8.42 Å². The maximum absolute atomic E-state index is 12.4. The summed E-state index contributed by atoms with van der Waals surface area (Å²) in [5.74, 6) is 0. The summed E-state index contributed by atoms with van der Waals surface area (Å²) in [6.45, 7) is 5.71. The van der Waals surface area contributed by atoms with Gasteiger partial charge in [0, 0.05) is 5.69 Å². The molecule has 2 rings (SSSR count). The van der Waals surface area contributed by atoms with E-state index >= 15 is 0 Å². The van der Waals surface area contributed by atoms with Crippen molar-refractivity contribution in [2.24, 2.45) is 0 Å². The second-order valence-electron chi connectivity index (χ2n) is 5.02. The maximum atomic E-state index is 12.4. The Labute approximate surface area is 119 Å². The third-order valence-electron chi connectivity index (χ3n) is 2.93. The van der Waals surface area contributed by atoms with Gasteiger partial charge in [0.15, 0.2) is 0 Å². The van der Waals surface area contributed by atoms with E-state index in [0.29, 0.717) is 5.69 Å². The van der Waals surface area contributed by atoms with Crippen LogP contribution in [0.2, 0.25) is 0 Å². The van der Waals surface area contributed by atoms with E-state index in [1.54, 1.807) is 24.3 Å². The summed E-state index contributed by atoms with van der Waals surface area (Å²) in [5.41, 5.74) is 9.52. The van der Waals surface area contributed by atoms with Crippen molar-refractivity contribution < 1.29 is 8.42 Å². The van der Waals surface area contributed by atoms with Gasteiger partial charge in [0.25, 0.3) is 10.0 Å². The Balaban J connectivity index is 2.40. The Hall–Kier alpha value is -2.01. The van der Waals surface area contributed by atoms with E-state index in [0.717, 1.165) is 16.7 Å². The first-order valence-corrected chi connectivity index (χ1v) is 7.73. The monoisotopic (exact) mass is 290 g/mol. The van der Waals surface area contributed by atoms with Crippen molar-refractivity contribution in [3.05, 3.63) is 53.1 Å². The predicted molar refractivity (Wildman–Crippen MR) is 82.3 cm³/mol. The van der Waals surface area contributed by atoms with Gasteiger partial charge in [-0.1, -0.05) is 12.1 Å². The molecule has 0 radical (unpaired) electrons. The highest BCUT2D eigenvalue weighted by Crippen LogP contribution is 2.23. The number of nitrogens with two attached hydrogens (primary N) is 1. The molecule has 0 aliphatic heterocycles. The second-order valence-corrected chi connectivity index (χ2v) is 6.67. The zero-order valence-corrected chi connectivity index (χ0v) is 12.6. The second kappa shape index (κ2) is 5.17. The first-order chi connectivity index (χ1) is 9.28. The molecule has 0 atom stereocenters. The van der Waals surface area contributed by atoms with Crippen LogP contribution in [0.3, 0.4) is 0 Å². The zero-order chi connectivity index (χ0) is 14.9. The predicted octanol–water partition coefficient (Wildman–Crippen LogP) is 2.99. The molecule has 0 heterocycles. The number of anilines is 2. The fourth-order valence-corrected chi connectivity index (χ4v) is 3.31. The zero-order valence-electron chi connectivity index (χ0n) is 11.8. The van der Waals surface area contributed by atoms with Crippen LogP contribution in [0.25, 0.3) is 0 Å². The molecule has 0 aliphatic rings. The Kier molecular flexibility index (Phi) is 3.72. The van der Waals surface area contributed by atoms with Crippen molar-refractivity contribution in [1.29, 1.82) is 0 Å². The molecule has 3 N–H and O–H groups in total. The van der Waals surface area contributed by atoms with E-state index in [4.69, 9.17) is 5.73 Å². The molecular weight excluding hydrogens is 272 g/mol. The van der Waals surface area contributed by atoms with Crippen LogP contribution in [-0.2, 0) is 10.0 Å². The third kappa shape index (κ3) is 3.11. The van der Waals surface area contributed by atoms with Gasteiger partial charge in [-0.15, -0.1) is 0 Å². The van der Waals surface area contributed by atoms with Gasteiger partial charge in [0.1, 0.15) is 4.90 Å². The van der Waals surface area contributed by atoms with Crippen molar-refractivity contribution in [1.82, 2.24) is 0 Å². The fraction of sp³-hybridized carbons (Fsp3) is 0.200. The van der Waals surface area contributed by atoms with Crippen molar-refractivity contribution in [3.63, 3.8) is 0 Å². The number of hydrogen-bond donors (Lipinski definition) is 2. The van der Waals surface area contributed by atoms with Crippen molar-refractivity contribution in [3.8, 4) is 0 Å². The summed E-state index contributed by atoms with van der Waals surface area (Å²) >= 11 is 0. The molecule has 4 nitrogen and oxygen atoms in total. The third-order valence-corrected chi connectivity index (χ3v) is 4.38. The molecule has 0 bridgehead atoms. The van der Waals surface area contributed by atoms with Crippen LogP contribution in [0.4, 0.5) is 11.4 Å². The number of aryl methyl sites for hydroxylation is 3. The van der Waals surface area contributed by atoms with Crippen LogP contribution in [0, 0.1) is 20.8 Å². The van der Waals surface area contributed by atoms with Gasteiger partial charge in [0.05, 0.1) is 5.69 Å². The summed E-state index contributed by atoms with van der Waals surface area (Å²) in [4.78, 5) is 0.0993. The molecule has 0 fully saturated rings. The number of nitrogen functional groups attached to an aromatic ring is 1. The minimum absolute atomic E-state index is 0.0993. The molecule has 106 valence electrons. The fourth-order valence-electron chi connectivity index (χ4n) is 2.16. The van der Waals surface area contributed by atoms with Crippen LogP contribution in [0.5, 0.6) is 0 Å². The summed E-state index contributed by atoms with van der Waals surface area (Å²) in [5, 5.41) is 0. The number of benzene rings is 2. The average molecular weight is 290 g/mol. The largest absolute Gasteiger partial charge is 0.398 e. The van der Waals surface area contributed by atoms with Gasteiger partial charge in [0.2, 0.25) is 0 Å². The molecular formula is C15H18N2O2S. The van der Waals surface area contributed by atoms with Crippen molar-refractivity contribution in [2.75, 3.05) is 10.5 Å². The van der Waals surface area contributed by atoms with Gasteiger partial charge < -0.3 is 5.73 Å². The summed E-state index contributed by atoms with van der Waals surface area (Å²) in [6, 6.07) is 10.5. The van der Waals surface area contributed by atoms with Gasteiger partial charge in [-0.05, 0) is 61.7 Å². The van der Waals surface area contributed by atoms with E-state index < -0.39 is 10.0 Å². The minimum Gasteiger partial charge on any atom is -0.398 e. The first-order valence-electron chi connectivity index (χ1n) is 6.25. The van der Waals surface area contributed by atoms with Crippen LogP contribution >= 0.6 is 0 Å². The number of rotatable bonds is 3. The summed E-state index contributed by atoms with van der Waals surface area (Å²) in [6.07, 6.45) is 0. The van der Waals surface area contributed by atoms with E-state index in [9.17, 15) is 8.42 Å². The molecule has 2 aromatic carbocycles. The average Bonchev–Trinajstić information content (AvgIpc) is 2.25. The Morgan fingerprint density at radius 1 is 0.900 bits per heavy atom. The molecule has 5 heteroatoms.